The number of carbonyl (C=O) groups excluding carboxylic acids is 1. The van der Waals surface area contributed by atoms with Gasteiger partial charge in [0.05, 0.1) is 23.0 Å². The Kier molecular flexibility index (Phi) is 3.56. The Hall–Kier alpha value is -2.69. The van der Waals surface area contributed by atoms with Crippen molar-refractivity contribution in [2.75, 3.05) is 5.32 Å². The Morgan fingerprint density at radius 2 is 2.00 bits per heavy atom. The molecule has 2 aromatic rings. The van der Waals surface area contributed by atoms with Crippen LogP contribution >= 0.6 is 0 Å². The maximum absolute atomic E-state index is 12.1. The molecule has 0 unspecified atom stereocenters. The Balaban J connectivity index is 2.33. The molecular weight excluding hydrogens is 244 g/mol. The quantitative estimate of drug-likeness (QED) is 0.883. The zero-order chi connectivity index (χ0) is 13.8. The Bertz CT molecular complexity index is 624. The number of carboxylic acid groups (broad SMARTS) is 1. The van der Waals surface area contributed by atoms with Gasteiger partial charge in [-0.3, -0.25) is 9.78 Å². The standard InChI is InChI=1S/C14H12N2O3/c1-9-4-5-11(14(18)19)12(7-9)13(17)16-10-3-2-6-15-8-10/h2-8H,1H3,(H,16,17)(H,18,19). The number of aryl methyl sites for hydroxylation is 1. The molecule has 5 heteroatoms. The topological polar surface area (TPSA) is 79.3 Å². The van der Waals surface area contributed by atoms with Crippen LogP contribution in [0, 0.1) is 6.92 Å². The first-order valence-electron chi connectivity index (χ1n) is 5.63. The van der Waals surface area contributed by atoms with Crippen LogP contribution in [0.15, 0.2) is 42.7 Å². The summed E-state index contributed by atoms with van der Waals surface area (Å²) < 4.78 is 0. The van der Waals surface area contributed by atoms with Crippen LogP contribution in [0.1, 0.15) is 26.3 Å². The van der Waals surface area contributed by atoms with Crippen molar-refractivity contribution in [1.29, 1.82) is 0 Å². The average Bonchev–Trinajstić information content (AvgIpc) is 2.39. The molecule has 0 saturated heterocycles. The molecule has 0 fully saturated rings. The van der Waals surface area contributed by atoms with Crippen molar-refractivity contribution in [2.24, 2.45) is 0 Å². The molecule has 0 spiro atoms. The highest BCUT2D eigenvalue weighted by atomic mass is 16.4. The molecule has 2 N–H and O–H groups in total. The zero-order valence-corrected chi connectivity index (χ0v) is 10.3. The van der Waals surface area contributed by atoms with Crippen LogP contribution in [0.3, 0.4) is 0 Å². The van der Waals surface area contributed by atoms with Gasteiger partial charge in [-0.1, -0.05) is 11.6 Å². The fourth-order valence-electron chi connectivity index (χ4n) is 1.67. The van der Waals surface area contributed by atoms with E-state index in [2.05, 4.69) is 10.3 Å². The third kappa shape index (κ3) is 2.95. The number of anilines is 1. The Morgan fingerprint density at radius 1 is 1.21 bits per heavy atom. The van der Waals surface area contributed by atoms with Crippen molar-refractivity contribution in [2.45, 2.75) is 6.92 Å². The lowest BCUT2D eigenvalue weighted by Crippen LogP contribution is -2.16. The van der Waals surface area contributed by atoms with Gasteiger partial charge in [0.2, 0.25) is 0 Å². The highest BCUT2D eigenvalue weighted by molar-refractivity contribution is 6.10. The number of carbonyl (C=O) groups is 2. The zero-order valence-electron chi connectivity index (χ0n) is 10.3. The number of benzene rings is 1. The van der Waals surface area contributed by atoms with E-state index >= 15 is 0 Å². The maximum Gasteiger partial charge on any atom is 0.336 e. The number of rotatable bonds is 3. The normalized spacial score (nSPS) is 9.95. The van der Waals surface area contributed by atoms with Gasteiger partial charge in [-0.2, -0.15) is 0 Å². The van der Waals surface area contributed by atoms with Gasteiger partial charge in [-0.05, 0) is 31.2 Å². The first kappa shape index (κ1) is 12.8. The number of hydrogen-bond acceptors (Lipinski definition) is 3. The first-order valence-corrected chi connectivity index (χ1v) is 5.63. The van der Waals surface area contributed by atoms with Crippen molar-refractivity contribution >= 4 is 17.6 Å². The third-order valence-electron chi connectivity index (χ3n) is 2.57. The van der Waals surface area contributed by atoms with Gasteiger partial charge >= 0.3 is 5.97 Å². The van der Waals surface area contributed by atoms with Crippen LogP contribution in [-0.2, 0) is 0 Å². The lowest BCUT2D eigenvalue weighted by molar-refractivity contribution is 0.0692. The van der Waals surface area contributed by atoms with Crippen molar-refractivity contribution in [3.8, 4) is 0 Å². The maximum atomic E-state index is 12.1. The largest absolute Gasteiger partial charge is 0.478 e. The summed E-state index contributed by atoms with van der Waals surface area (Å²) >= 11 is 0. The predicted molar refractivity (Wildman–Crippen MR) is 70.3 cm³/mol. The Morgan fingerprint density at radius 3 is 2.63 bits per heavy atom. The summed E-state index contributed by atoms with van der Waals surface area (Å²) in [4.78, 5) is 27.1. The average molecular weight is 256 g/mol. The molecule has 0 aliphatic carbocycles. The minimum atomic E-state index is -1.13. The van der Waals surface area contributed by atoms with Crippen LogP contribution in [0.4, 0.5) is 5.69 Å². The second kappa shape index (κ2) is 5.30. The molecule has 0 bridgehead atoms. The number of amides is 1. The van der Waals surface area contributed by atoms with Gasteiger partial charge in [-0.25, -0.2) is 4.79 Å². The second-order valence-electron chi connectivity index (χ2n) is 4.05. The van der Waals surface area contributed by atoms with E-state index in [1.54, 1.807) is 37.4 Å². The predicted octanol–water partition coefficient (Wildman–Crippen LogP) is 2.34. The molecule has 1 aromatic heterocycles. The molecule has 0 atom stereocenters. The third-order valence-corrected chi connectivity index (χ3v) is 2.57. The number of nitrogens with zero attached hydrogens (tertiary/aromatic N) is 1. The number of pyridine rings is 1. The highest BCUT2D eigenvalue weighted by Crippen LogP contribution is 2.14. The van der Waals surface area contributed by atoms with Crippen LogP contribution in [0.5, 0.6) is 0 Å². The van der Waals surface area contributed by atoms with Crippen molar-refractivity contribution < 1.29 is 14.7 Å². The van der Waals surface area contributed by atoms with Gasteiger partial charge in [0, 0.05) is 6.20 Å². The number of aromatic carboxylic acids is 1. The summed E-state index contributed by atoms with van der Waals surface area (Å²) in [6, 6.07) is 8.00. The van der Waals surface area contributed by atoms with E-state index in [4.69, 9.17) is 5.11 Å². The summed E-state index contributed by atoms with van der Waals surface area (Å²) in [6.45, 7) is 1.80. The summed E-state index contributed by atoms with van der Waals surface area (Å²) in [7, 11) is 0. The fraction of sp³-hybridized carbons (Fsp3) is 0.0714. The Labute approximate surface area is 109 Å². The van der Waals surface area contributed by atoms with Crippen molar-refractivity contribution in [1.82, 2.24) is 4.98 Å². The van der Waals surface area contributed by atoms with Gasteiger partial charge in [-0.15, -0.1) is 0 Å². The molecule has 1 heterocycles. The summed E-state index contributed by atoms with van der Waals surface area (Å²) in [5.74, 6) is -1.59. The van der Waals surface area contributed by atoms with E-state index in [-0.39, 0.29) is 11.1 Å². The SMILES string of the molecule is Cc1ccc(C(=O)O)c(C(=O)Nc2cccnc2)c1. The van der Waals surface area contributed by atoms with Crippen molar-refractivity contribution in [3.05, 3.63) is 59.4 Å². The minimum absolute atomic E-state index is 0.0213. The molecule has 5 nitrogen and oxygen atoms in total. The van der Waals surface area contributed by atoms with E-state index in [0.717, 1.165) is 5.56 Å². The van der Waals surface area contributed by atoms with Gasteiger partial charge < -0.3 is 10.4 Å². The molecule has 0 aliphatic rings. The number of carboxylic acids is 1. The van der Waals surface area contributed by atoms with Gasteiger partial charge in [0.1, 0.15) is 0 Å². The summed E-state index contributed by atoms with van der Waals surface area (Å²) in [5.41, 5.74) is 1.45. The van der Waals surface area contributed by atoms with E-state index in [1.165, 1.54) is 12.3 Å². The van der Waals surface area contributed by atoms with E-state index in [9.17, 15) is 9.59 Å². The lowest BCUT2D eigenvalue weighted by atomic mass is 10.0. The second-order valence-corrected chi connectivity index (χ2v) is 4.05. The number of nitrogens with one attached hydrogen (secondary N) is 1. The molecule has 1 amide bonds. The number of aromatic nitrogens is 1. The minimum Gasteiger partial charge on any atom is -0.478 e. The van der Waals surface area contributed by atoms with E-state index in [1.807, 2.05) is 0 Å². The van der Waals surface area contributed by atoms with Crippen molar-refractivity contribution in [3.63, 3.8) is 0 Å². The van der Waals surface area contributed by atoms with E-state index < -0.39 is 11.9 Å². The number of hydrogen-bond donors (Lipinski definition) is 2. The molecule has 96 valence electrons. The van der Waals surface area contributed by atoms with E-state index in [0.29, 0.717) is 5.69 Å². The first-order chi connectivity index (χ1) is 9.08. The van der Waals surface area contributed by atoms with Gasteiger partial charge in [0.25, 0.3) is 5.91 Å². The van der Waals surface area contributed by atoms with Gasteiger partial charge in [0.15, 0.2) is 0 Å². The monoisotopic (exact) mass is 256 g/mol. The van der Waals surface area contributed by atoms with Crippen LogP contribution in [0.25, 0.3) is 0 Å². The fourth-order valence-corrected chi connectivity index (χ4v) is 1.67. The smallest absolute Gasteiger partial charge is 0.336 e. The lowest BCUT2D eigenvalue weighted by Gasteiger charge is -2.08. The summed E-state index contributed by atoms with van der Waals surface area (Å²) in [6.07, 6.45) is 3.08. The summed E-state index contributed by atoms with van der Waals surface area (Å²) in [5, 5.41) is 11.7. The molecule has 19 heavy (non-hydrogen) atoms. The molecule has 2 rings (SSSR count). The molecular formula is C14H12N2O3. The van der Waals surface area contributed by atoms with Crippen LogP contribution in [-0.4, -0.2) is 22.0 Å². The van der Waals surface area contributed by atoms with Crippen LogP contribution in [0.2, 0.25) is 0 Å². The molecule has 0 saturated carbocycles. The molecule has 1 aromatic carbocycles. The highest BCUT2D eigenvalue weighted by Gasteiger charge is 2.16. The molecule has 0 aliphatic heterocycles. The molecule has 0 radical (unpaired) electrons. The van der Waals surface area contributed by atoms with Crippen LogP contribution < -0.4 is 5.32 Å².